The number of sulfonamides is 1. The fourth-order valence-electron chi connectivity index (χ4n) is 2.33. The first kappa shape index (κ1) is 18.0. The summed E-state index contributed by atoms with van der Waals surface area (Å²) < 4.78 is 45.6. The Morgan fingerprint density at radius 3 is 2.54 bits per heavy atom. The number of rotatable bonds is 6. The second-order valence-corrected chi connectivity index (χ2v) is 7.15. The summed E-state index contributed by atoms with van der Waals surface area (Å²) in [5.41, 5.74) is 2.08. The Morgan fingerprint density at radius 2 is 1.85 bits per heavy atom. The quantitative estimate of drug-likeness (QED) is 0.719. The minimum atomic E-state index is -3.89. The minimum absolute atomic E-state index is 0.0211. The Hall–Kier alpha value is -2.84. The van der Waals surface area contributed by atoms with Crippen LogP contribution < -0.4 is 9.46 Å². The Bertz CT molecular complexity index is 1010. The first-order valence-electron chi connectivity index (χ1n) is 7.69. The van der Waals surface area contributed by atoms with Crippen molar-refractivity contribution in [3.05, 3.63) is 72.4 Å². The SMILES string of the molecule is COc1ccc(S(=O)(=O)NCc2cc(-c3ccccc3)ncn2)cc1F. The van der Waals surface area contributed by atoms with Gasteiger partial charge in [0.2, 0.25) is 10.0 Å². The van der Waals surface area contributed by atoms with Crippen LogP contribution in [-0.2, 0) is 16.6 Å². The molecule has 3 rings (SSSR count). The van der Waals surface area contributed by atoms with Crippen molar-refractivity contribution in [2.45, 2.75) is 11.4 Å². The van der Waals surface area contributed by atoms with Crippen LogP contribution in [0.15, 0.2) is 65.8 Å². The number of methoxy groups -OCH3 is 1. The van der Waals surface area contributed by atoms with Crippen molar-refractivity contribution in [1.29, 1.82) is 0 Å². The standard InChI is InChI=1S/C18H16FN3O3S/c1-25-18-8-7-15(10-16(18)19)26(23,24)22-11-14-9-17(21-12-20-14)13-5-3-2-4-6-13/h2-10,12,22H,11H2,1H3. The van der Waals surface area contributed by atoms with Gasteiger partial charge in [0.25, 0.3) is 0 Å². The number of hydrogen-bond acceptors (Lipinski definition) is 5. The molecule has 3 aromatic rings. The van der Waals surface area contributed by atoms with Crippen LogP contribution in [0.2, 0.25) is 0 Å². The third kappa shape index (κ3) is 4.04. The van der Waals surface area contributed by atoms with Crippen LogP contribution in [0.1, 0.15) is 5.69 Å². The van der Waals surface area contributed by atoms with Crippen LogP contribution in [0.5, 0.6) is 5.75 Å². The van der Waals surface area contributed by atoms with E-state index in [2.05, 4.69) is 14.7 Å². The largest absolute Gasteiger partial charge is 0.494 e. The van der Waals surface area contributed by atoms with Crippen LogP contribution in [0, 0.1) is 5.82 Å². The van der Waals surface area contributed by atoms with Gasteiger partial charge in [-0.25, -0.2) is 27.5 Å². The van der Waals surface area contributed by atoms with E-state index in [0.717, 1.165) is 11.6 Å². The zero-order valence-corrected chi connectivity index (χ0v) is 14.7. The van der Waals surface area contributed by atoms with Gasteiger partial charge in [0.15, 0.2) is 11.6 Å². The summed E-state index contributed by atoms with van der Waals surface area (Å²) in [6, 6.07) is 14.6. The molecule has 0 bridgehead atoms. The van der Waals surface area contributed by atoms with Crippen molar-refractivity contribution in [2.24, 2.45) is 0 Å². The van der Waals surface area contributed by atoms with Gasteiger partial charge in [-0.1, -0.05) is 30.3 Å². The van der Waals surface area contributed by atoms with E-state index < -0.39 is 15.8 Å². The summed E-state index contributed by atoms with van der Waals surface area (Å²) in [6.45, 7) is -0.0433. The predicted molar refractivity (Wildman–Crippen MR) is 94.4 cm³/mol. The van der Waals surface area contributed by atoms with E-state index in [0.29, 0.717) is 11.4 Å². The average molecular weight is 373 g/mol. The van der Waals surface area contributed by atoms with Gasteiger partial charge in [0, 0.05) is 5.56 Å². The Kier molecular flexibility index (Phi) is 5.24. The van der Waals surface area contributed by atoms with E-state index in [-0.39, 0.29) is 17.2 Å². The number of aromatic nitrogens is 2. The molecule has 1 N–H and O–H groups in total. The zero-order valence-electron chi connectivity index (χ0n) is 13.9. The first-order chi connectivity index (χ1) is 12.5. The number of nitrogens with one attached hydrogen (secondary N) is 1. The highest BCUT2D eigenvalue weighted by Gasteiger charge is 2.17. The molecule has 0 amide bonds. The van der Waals surface area contributed by atoms with E-state index in [4.69, 9.17) is 4.74 Å². The Labute approximate surface area is 150 Å². The highest BCUT2D eigenvalue weighted by Crippen LogP contribution is 2.21. The highest BCUT2D eigenvalue weighted by molar-refractivity contribution is 7.89. The fraction of sp³-hybridized carbons (Fsp3) is 0.111. The minimum Gasteiger partial charge on any atom is -0.494 e. The second kappa shape index (κ2) is 7.59. The number of benzene rings is 2. The third-order valence-electron chi connectivity index (χ3n) is 3.67. The highest BCUT2D eigenvalue weighted by atomic mass is 32.2. The van der Waals surface area contributed by atoms with Crippen molar-refractivity contribution in [2.75, 3.05) is 7.11 Å². The molecular formula is C18H16FN3O3S. The number of hydrogen-bond donors (Lipinski definition) is 1. The van der Waals surface area contributed by atoms with Crippen LogP contribution in [-0.4, -0.2) is 25.5 Å². The molecule has 1 aromatic heterocycles. The molecule has 1 heterocycles. The average Bonchev–Trinajstić information content (AvgIpc) is 2.67. The lowest BCUT2D eigenvalue weighted by Crippen LogP contribution is -2.24. The molecule has 0 saturated heterocycles. The van der Waals surface area contributed by atoms with Crippen LogP contribution in [0.4, 0.5) is 4.39 Å². The molecule has 8 heteroatoms. The molecule has 0 radical (unpaired) electrons. The normalized spacial score (nSPS) is 11.3. The molecule has 0 fully saturated rings. The van der Waals surface area contributed by atoms with Crippen molar-refractivity contribution in [1.82, 2.24) is 14.7 Å². The fourth-order valence-corrected chi connectivity index (χ4v) is 3.34. The van der Waals surface area contributed by atoms with Crippen molar-refractivity contribution >= 4 is 10.0 Å². The van der Waals surface area contributed by atoms with Crippen LogP contribution in [0.25, 0.3) is 11.3 Å². The zero-order chi connectivity index (χ0) is 18.6. The number of nitrogens with zero attached hydrogens (tertiary/aromatic N) is 2. The second-order valence-electron chi connectivity index (χ2n) is 5.38. The molecule has 134 valence electrons. The first-order valence-corrected chi connectivity index (χ1v) is 9.17. The van der Waals surface area contributed by atoms with Gasteiger partial charge in [-0.3, -0.25) is 0 Å². The predicted octanol–water partition coefficient (Wildman–Crippen LogP) is 2.77. The molecular weight excluding hydrogens is 357 g/mol. The maximum absolute atomic E-state index is 13.7. The Morgan fingerprint density at radius 1 is 1.08 bits per heavy atom. The molecule has 0 spiro atoms. The van der Waals surface area contributed by atoms with Crippen molar-refractivity contribution < 1.29 is 17.5 Å². The monoisotopic (exact) mass is 373 g/mol. The summed E-state index contributed by atoms with van der Waals surface area (Å²) in [7, 11) is -2.58. The molecule has 0 aliphatic rings. The summed E-state index contributed by atoms with van der Waals surface area (Å²) in [4.78, 5) is 8.08. The molecule has 26 heavy (non-hydrogen) atoms. The van der Waals surface area contributed by atoms with Crippen molar-refractivity contribution in [3.63, 3.8) is 0 Å². The van der Waals surface area contributed by atoms with Crippen LogP contribution >= 0.6 is 0 Å². The van der Waals surface area contributed by atoms with Gasteiger partial charge >= 0.3 is 0 Å². The lowest BCUT2D eigenvalue weighted by atomic mass is 10.1. The molecule has 0 saturated carbocycles. The summed E-state index contributed by atoms with van der Waals surface area (Å²) >= 11 is 0. The van der Waals surface area contributed by atoms with Gasteiger partial charge in [-0.05, 0) is 24.3 Å². The van der Waals surface area contributed by atoms with Gasteiger partial charge in [0.05, 0.1) is 29.9 Å². The number of halogens is 1. The smallest absolute Gasteiger partial charge is 0.241 e. The van der Waals surface area contributed by atoms with Gasteiger partial charge in [0.1, 0.15) is 6.33 Å². The van der Waals surface area contributed by atoms with E-state index in [9.17, 15) is 12.8 Å². The van der Waals surface area contributed by atoms with E-state index >= 15 is 0 Å². The lowest BCUT2D eigenvalue weighted by molar-refractivity contribution is 0.385. The van der Waals surface area contributed by atoms with E-state index in [1.807, 2.05) is 30.3 Å². The summed E-state index contributed by atoms with van der Waals surface area (Å²) in [6.07, 6.45) is 1.37. The molecule has 0 aliphatic carbocycles. The maximum Gasteiger partial charge on any atom is 0.241 e. The van der Waals surface area contributed by atoms with Gasteiger partial charge < -0.3 is 4.74 Å². The molecule has 0 aliphatic heterocycles. The topological polar surface area (TPSA) is 81.2 Å². The van der Waals surface area contributed by atoms with Crippen LogP contribution in [0.3, 0.4) is 0 Å². The maximum atomic E-state index is 13.7. The third-order valence-corrected chi connectivity index (χ3v) is 5.07. The number of ether oxygens (including phenoxy) is 1. The molecule has 0 unspecified atom stereocenters. The molecule has 0 atom stereocenters. The summed E-state index contributed by atoms with van der Waals surface area (Å²) in [5.74, 6) is -0.768. The Balaban J connectivity index is 1.77. The molecule has 2 aromatic carbocycles. The van der Waals surface area contributed by atoms with Gasteiger partial charge in [-0.2, -0.15) is 0 Å². The van der Waals surface area contributed by atoms with Gasteiger partial charge in [-0.15, -0.1) is 0 Å². The lowest BCUT2D eigenvalue weighted by Gasteiger charge is -2.09. The van der Waals surface area contributed by atoms with Crippen molar-refractivity contribution in [3.8, 4) is 17.0 Å². The molecule has 6 nitrogen and oxygen atoms in total. The van der Waals surface area contributed by atoms with E-state index in [1.54, 1.807) is 6.07 Å². The van der Waals surface area contributed by atoms with E-state index in [1.165, 1.54) is 25.6 Å². The summed E-state index contributed by atoms with van der Waals surface area (Å²) in [5, 5.41) is 0.